The number of carbonyl (C=O) groups excluding carboxylic acids is 2. The van der Waals surface area contributed by atoms with Crippen LogP contribution in [0.3, 0.4) is 0 Å². The van der Waals surface area contributed by atoms with Crippen LogP contribution in [-0.4, -0.2) is 64.9 Å². The predicted molar refractivity (Wildman–Crippen MR) is 104 cm³/mol. The minimum Gasteiger partial charge on any atom is -0.307 e. The molecule has 0 unspecified atom stereocenters. The van der Waals surface area contributed by atoms with E-state index in [9.17, 15) is 14.0 Å². The summed E-state index contributed by atoms with van der Waals surface area (Å²) in [7, 11) is 1.59. The fourth-order valence-corrected chi connectivity index (χ4v) is 4.53. The first-order valence-electron chi connectivity index (χ1n) is 9.92. The van der Waals surface area contributed by atoms with Gasteiger partial charge in [-0.05, 0) is 70.2 Å². The molecule has 0 atom stereocenters. The molecule has 0 bridgehead atoms. The Bertz CT molecular complexity index is 688. The maximum Gasteiger partial charge on any atom is 0.327 e. The summed E-state index contributed by atoms with van der Waals surface area (Å²) in [6, 6.07) is -0.165. The molecule has 3 rings (SSSR count). The van der Waals surface area contributed by atoms with Crippen molar-refractivity contribution in [3.05, 3.63) is 35.7 Å². The number of halogens is 1. The zero-order valence-corrected chi connectivity index (χ0v) is 16.6. The van der Waals surface area contributed by atoms with Crippen molar-refractivity contribution in [3.8, 4) is 0 Å². The molecule has 0 N–H and O–H groups in total. The van der Waals surface area contributed by atoms with Crippen LogP contribution in [0.2, 0.25) is 0 Å². The van der Waals surface area contributed by atoms with Gasteiger partial charge in [-0.3, -0.25) is 9.69 Å². The molecule has 0 radical (unpaired) electrons. The fraction of sp³-hybridized carbons (Fsp3) is 0.619. The molecule has 3 amide bonds. The van der Waals surface area contributed by atoms with Crippen molar-refractivity contribution in [3.63, 3.8) is 0 Å². The molecule has 0 aromatic carbocycles. The molecule has 5 nitrogen and oxygen atoms in total. The quantitative estimate of drug-likeness (QED) is 0.689. The molecule has 3 aliphatic rings. The van der Waals surface area contributed by atoms with Gasteiger partial charge in [-0.2, -0.15) is 0 Å². The normalized spacial score (nSPS) is 23.3. The summed E-state index contributed by atoms with van der Waals surface area (Å²) in [6.45, 7) is 6.48. The Morgan fingerprint density at radius 1 is 1.22 bits per heavy atom. The van der Waals surface area contributed by atoms with Crippen LogP contribution < -0.4 is 0 Å². The number of hydrogen-bond donors (Lipinski definition) is 0. The molecule has 0 aromatic rings. The van der Waals surface area contributed by atoms with Crippen molar-refractivity contribution in [2.45, 2.75) is 57.5 Å². The lowest BCUT2D eigenvalue weighted by atomic mass is 9.85. The maximum atomic E-state index is 13.5. The lowest BCUT2D eigenvalue weighted by Gasteiger charge is -2.43. The zero-order valence-electron chi connectivity index (χ0n) is 16.6. The van der Waals surface area contributed by atoms with Gasteiger partial charge in [-0.25, -0.2) is 9.18 Å². The van der Waals surface area contributed by atoms with E-state index >= 15 is 0 Å². The van der Waals surface area contributed by atoms with E-state index in [1.807, 2.05) is 19.9 Å². The summed E-state index contributed by atoms with van der Waals surface area (Å²) >= 11 is 0. The Morgan fingerprint density at radius 2 is 1.93 bits per heavy atom. The molecule has 2 heterocycles. The predicted octanol–water partition coefficient (Wildman–Crippen LogP) is 3.64. The first-order valence-corrected chi connectivity index (χ1v) is 9.92. The van der Waals surface area contributed by atoms with Crippen LogP contribution in [0.15, 0.2) is 35.7 Å². The summed E-state index contributed by atoms with van der Waals surface area (Å²) in [5.74, 6) is -0.237. The fourth-order valence-electron chi connectivity index (χ4n) is 4.53. The Balaban J connectivity index is 1.54. The van der Waals surface area contributed by atoms with E-state index in [0.29, 0.717) is 12.8 Å². The van der Waals surface area contributed by atoms with Crippen molar-refractivity contribution < 1.29 is 14.0 Å². The van der Waals surface area contributed by atoms with E-state index in [-0.39, 0.29) is 23.8 Å². The Morgan fingerprint density at radius 3 is 2.59 bits per heavy atom. The van der Waals surface area contributed by atoms with Crippen molar-refractivity contribution >= 4 is 11.9 Å². The van der Waals surface area contributed by atoms with E-state index in [1.54, 1.807) is 18.0 Å². The van der Waals surface area contributed by atoms with Crippen LogP contribution in [0.4, 0.5) is 9.18 Å². The standard InChI is InChI=1S/C21H30FN3O2/c1-16(2)25-20(27)23(3)19(26)21(25)10-13-24(14-11-21)12-6-8-17-7-4-5-9-18(22)15-17/h5,7,9,15-16H,4,6,8,10-14H2,1-3H3. The monoisotopic (exact) mass is 375 g/mol. The van der Waals surface area contributed by atoms with Crippen LogP contribution in [0.1, 0.15) is 46.0 Å². The number of imide groups is 1. The number of hydrogen-bond acceptors (Lipinski definition) is 3. The van der Waals surface area contributed by atoms with Crippen LogP contribution in [0, 0.1) is 0 Å². The third-order valence-corrected chi connectivity index (χ3v) is 5.91. The molecule has 2 fully saturated rings. The third kappa shape index (κ3) is 3.86. The van der Waals surface area contributed by atoms with Crippen LogP contribution in [0.5, 0.6) is 0 Å². The van der Waals surface area contributed by atoms with Crippen molar-refractivity contribution in [2.24, 2.45) is 0 Å². The number of likely N-dealkylation sites (tertiary alicyclic amines) is 1. The average Bonchev–Trinajstić information content (AvgIpc) is 2.77. The Kier molecular flexibility index (Phi) is 5.84. The number of piperidine rings is 1. The Hall–Kier alpha value is -1.95. The van der Waals surface area contributed by atoms with Gasteiger partial charge in [0.25, 0.3) is 5.91 Å². The third-order valence-electron chi connectivity index (χ3n) is 5.91. The van der Waals surface area contributed by atoms with Crippen LogP contribution in [0.25, 0.3) is 0 Å². The molecule has 1 spiro atoms. The average molecular weight is 375 g/mol. The second-order valence-corrected chi connectivity index (χ2v) is 8.03. The van der Waals surface area contributed by atoms with Crippen molar-refractivity contribution in [1.29, 1.82) is 0 Å². The van der Waals surface area contributed by atoms with E-state index in [4.69, 9.17) is 0 Å². The van der Waals surface area contributed by atoms with Crippen LogP contribution in [-0.2, 0) is 4.79 Å². The van der Waals surface area contributed by atoms with Crippen LogP contribution >= 0.6 is 0 Å². The number of rotatable bonds is 5. The zero-order chi connectivity index (χ0) is 19.6. The molecule has 6 heteroatoms. The van der Waals surface area contributed by atoms with Gasteiger partial charge >= 0.3 is 6.03 Å². The number of urea groups is 1. The number of likely N-dealkylation sites (N-methyl/N-ethyl adjacent to an activating group) is 1. The number of allylic oxidation sites excluding steroid dienone is 6. The van der Waals surface area contributed by atoms with E-state index in [1.165, 1.54) is 11.0 Å². The van der Waals surface area contributed by atoms with E-state index in [0.717, 1.165) is 44.5 Å². The highest BCUT2D eigenvalue weighted by molar-refractivity contribution is 6.07. The highest BCUT2D eigenvalue weighted by atomic mass is 19.1. The van der Waals surface area contributed by atoms with Crippen molar-refractivity contribution in [1.82, 2.24) is 14.7 Å². The topological polar surface area (TPSA) is 43.9 Å². The van der Waals surface area contributed by atoms with Crippen molar-refractivity contribution in [2.75, 3.05) is 26.7 Å². The summed E-state index contributed by atoms with van der Waals surface area (Å²) in [6.07, 6.45) is 11.0. The van der Waals surface area contributed by atoms with Gasteiger partial charge in [0.15, 0.2) is 0 Å². The maximum absolute atomic E-state index is 13.5. The van der Waals surface area contributed by atoms with E-state index < -0.39 is 5.54 Å². The molecule has 148 valence electrons. The molecular formula is C21H30FN3O2. The second kappa shape index (κ2) is 7.97. The first-order chi connectivity index (χ1) is 12.8. The summed E-state index contributed by atoms with van der Waals surface area (Å²) in [5.41, 5.74) is 0.382. The van der Waals surface area contributed by atoms with Gasteiger partial charge in [0.1, 0.15) is 11.4 Å². The number of carbonyl (C=O) groups is 2. The second-order valence-electron chi connectivity index (χ2n) is 8.03. The van der Waals surface area contributed by atoms with Gasteiger partial charge in [0.05, 0.1) is 0 Å². The molecule has 0 aromatic heterocycles. The molecule has 1 aliphatic carbocycles. The number of amides is 3. The molecule has 27 heavy (non-hydrogen) atoms. The smallest absolute Gasteiger partial charge is 0.307 e. The Labute approximate surface area is 161 Å². The first kappa shape index (κ1) is 19.8. The molecule has 2 saturated heterocycles. The minimum atomic E-state index is -0.669. The molecule has 2 aliphatic heterocycles. The lowest BCUT2D eigenvalue weighted by molar-refractivity contribution is -0.135. The number of nitrogens with zero attached hydrogens (tertiary/aromatic N) is 3. The van der Waals surface area contributed by atoms with Gasteiger partial charge in [-0.15, -0.1) is 0 Å². The summed E-state index contributed by atoms with van der Waals surface area (Å²) < 4.78 is 13.5. The lowest BCUT2D eigenvalue weighted by Crippen LogP contribution is -2.58. The van der Waals surface area contributed by atoms with Gasteiger partial charge in [0, 0.05) is 26.2 Å². The highest BCUT2D eigenvalue weighted by Gasteiger charge is 2.57. The van der Waals surface area contributed by atoms with Gasteiger partial charge in [-0.1, -0.05) is 12.2 Å². The molecule has 0 saturated carbocycles. The van der Waals surface area contributed by atoms with Gasteiger partial charge in [0.2, 0.25) is 0 Å². The molecular weight excluding hydrogens is 345 g/mol. The summed E-state index contributed by atoms with van der Waals surface area (Å²) in [5, 5.41) is 0. The minimum absolute atomic E-state index is 0.00965. The largest absolute Gasteiger partial charge is 0.327 e. The summed E-state index contributed by atoms with van der Waals surface area (Å²) in [4.78, 5) is 30.7. The highest BCUT2D eigenvalue weighted by Crippen LogP contribution is 2.38. The van der Waals surface area contributed by atoms with E-state index in [2.05, 4.69) is 11.0 Å². The SMILES string of the molecule is CC(C)N1C(=O)N(C)C(=O)C12CCN(CCCC1=CCC=CC(F)=C1)CC2. The van der Waals surface area contributed by atoms with Gasteiger partial charge < -0.3 is 9.80 Å².